The van der Waals surface area contributed by atoms with Crippen molar-refractivity contribution in [2.24, 2.45) is 11.3 Å². The van der Waals surface area contributed by atoms with Crippen LogP contribution in [0.2, 0.25) is 0 Å². The number of carbonyl (C=O) groups excluding carboxylic acids is 2. The van der Waals surface area contributed by atoms with Crippen molar-refractivity contribution in [1.82, 2.24) is 20.4 Å². The highest BCUT2D eigenvalue weighted by Crippen LogP contribution is 2.53. The van der Waals surface area contributed by atoms with Gasteiger partial charge < -0.3 is 10.2 Å². The van der Waals surface area contributed by atoms with Crippen molar-refractivity contribution in [2.75, 3.05) is 0 Å². The lowest BCUT2D eigenvalue weighted by atomic mass is 9.69. The molecule has 2 bridgehead atoms. The zero-order chi connectivity index (χ0) is 21.1. The predicted molar refractivity (Wildman–Crippen MR) is 114 cm³/mol. The van der Waals surface area contributed by atoms with E-state index in [2.05, 4.69) is 29.4 Å². The van der Waals surface area contributed by atoms with Gasteiger partial charge in [-0.15, -0.1) is 0 Å². The number of aromatic nitrogens is 2. The van der Waals surface area contributed by atoms with Gasteiger partial charge in [0, 0.05) is 18.6 Å². The molecule has 3 heterocycles. The largest absolute Gasteiger partial charge is 0.351 e. The number of nitrogens with zero attached hydrogens (tertiary/aromatic N) is 3. The summed E-state index contributed by atoms with van der Waals surface area (Å²) >= 11 is 0. The van der Waals surface area contributed by atoms with Gasteiger partial charge in [0.2, 0.25) is 5.91 Å². The highest BCUT2D eigenvalue weighted by atomic mass is 16.2. The van der Waals surface area contributed by atoms with E-state index < -0.39 is 5.41 Å². The van der Waals surface area contributed by atoms with Gasteiger partial charge >= 0.3 is 0 Å². The maximum atomic E-state index is 13.6. The van der Waals surface area contributed by atoms with Crippen LogP contribution in [0.15, 0.2) is 48.8 Å². The molecular formula is C24H30N4O2. The molecule has 4 rings (SSSR count). The maximum Gasteiger partial charge on any atom is 0.256 e. The van der Waals surface area contributed by atoms with Gasteiger partial charge in [0.15, 0.2) is 0 Å². The van der Waals surface area contributed by atoms with Gasteiger partial charge in [-0.2, -0.15) is 10.2 Å². The van der Waals surface area contributed by atoms with Crippen LogP contribution in [0.25, 0.3) is 0 Å². The summed E-state index contributed by atoms with van der Waals surface area (Å²) < 4.78 is 0. The van der Waals surface area contributed by atoms with Crippen molar-refractivity contribution >= 4 is 11.8 Å². The summed E-state index contributed by atoms with van der Waals surface area (Å²) in [6, 6.07) is 11.7. The van der Waals surface area contributed by atoms with E-state index in [1.807, 2.05) is 35.2 Å². The quantitative estimate of drug-likeness (QED) is 0.762. The molecule has 6 nitrogen and oxygen atoms in total. The Labute approximate surface area is 178 Å². The van der Waals surface area contributed by atoms with E-state index in [9.17, 15) is 9.59 Å². The Morgan fingerprint density at radius 3 is 2.67 bits per heavy atom. The Morgan fingerprint density at radius 1 is 1.17 bits per heavy atom. The molecule has 158 valence electrons. The van der Waals surface area contributed by atoms with E-state index in [0.717, 1.165) is 37.7 Å². The maximum absolute atomic E-state index is 13.6. The molecule has 1 aromatic carbocycles. The first-order valence-electron chi connectivity index (χ1n) is 10.9. The average molecular weight is 407 g/mol. The topological polar surface area (TPSA) is 75.2 Å². The van der Waals surface area contributed by atoms with Gasteiger partial charge in [-0.05, 0) is 49.7 Å². The van der Waals surface area contributed by atoms with E-state index in [1.165, 1.54) is 6.20 Å². The fraction of sp³-hybridized carbons (Fsp3) is 0.500. The molecule has 2 amide bonds. The molecule has 2 aliphatic heterocycles. The SMILES string of the molecule is CC(C)CC[C@]1(C(=O)NCc2ccccc2)C[C@H]2CC[C@@H]1N2C(=O)c1ccnnc1. The number of fused-ring (bicyclic) bond motifs is 2. The zero-order valence-electron chi connectivity index (χ0n) is 17.8. The first-order chi connectivity index (χ1) is 14.5. The lowest BCUT2D eigenvalue weighted by Crippen LogP contribution is -2.50. The van der Waals surface area contributed by atoms with Crippen molar-refractivity contribution in [2.45, 2.75) is 64.6 Å². The van der Waals surface area contributed by atoms with Gasteiger partial charge in [-0.1, -0.05) is 44.2 Å². The Bertz CT molecular complexity index is 887. The lowest BCUT2D eigenvalue weighted by molar-refractivity contribution is -0.133. The molecule has 1 N–H and O–H groups in total. The molecule has 2 fully saturated rings. The van der Waals surface area contributed by atoms with Crippen LogP contribution >= 0.6 is 0 Å². The van der Waals surface area contributed by atoms with E-state index in [1.54, 1.807) is 12.3 Å². The molecular weight excluding hydrogens is 376 g/mol. The van der Waals surface area contributed by atoms with Crippen LogP contribution < -0.4 is 5.32 Å². The second kappa shape index (κ2) is 8.54. The van der Waals surface area contributed by atoms with Crippen molar-refractivity contribution in [3.63, 3.8) is 0 Å². The lowest BCUT2D eigenvalue weighted by Gasteiger charge is -2.36. The van der Waals surface area contributed by atoms with Crippen molar-refractivity contribution in [3.05, 3.63) is 59.9 Å². The average Bonchev–Trinajstić information content (AvgIpc) is 3.33. The van der Waals surface area contributed by atoms with E-state index >= 15 is 0 Å². The van der Waals surface area contributed by atoms with Crippen LogP contribution in [0.1, 0.15) is 61.9 Å². The molecule has 2 saturated heterocycles. The number of carbonyl (C=O) groups is 2. The Morgan fingerprint density at radius 2 is 1.97 bits per heavy atom. The first kappa shape index (κ1) is 20.5. The summed E-state index contributed by atoms with van der Waals surface area (Å²) in [6.07, 6.45) is 7.44. The molecule has 0 saturated carbocycles. The van der Waals surface area contributed by atoms with Gasteiger partial charge in [0.1, 0.15) is 0 Å². The van der Waals surface area contributed by atoms with Gasteiger partial charge in [0.05, 0.1) is 23.4 Å². The molecule has 1 aromatic heterocycles. The van der Waals surface area contributed by atoms with Crippen LogP contribution in [-0.2, 0) is 11.3 Å². The summed E-state index contributed by atoms with van der Waals surface area (Å²) in [5.74, 6) is 0.570. The van der Waals surface area contributed by atoms with Gasteiger partial charge in [0.25, 0.3) is 5.91 Å². The smallest absolute Gasteiger partial charge is 0.256 e. The van der Waals surface area contributed by atoms with Crippen LogP contribution in [-0.4, -0.2) is 39.0 Å². The normalized spacial score (nSPS) is 25.0. The number of rotatable bonds is 7. The second-order valence-electron chi connectivity index (χ2n) is 9.05. The molecule has 6 heteroatoms. The second-order valence-corrected chi connectivity index (χ2v) is 9.05. The van der Waals surface area contributed by atoms with E-state index in [4.69, 9.17) is 0 Å². The number of nitrogens with one attached hydrogen (secondary N) is 1. The Balaban J connectivity index is 1.57. The third kappa shape index (κ3) is 3.83. The van der Waals surface area contributed by atoms with Crippen molar-refractivity contribution < 1.29 is 9.59 Å². The molecule has 30 heavy (non-hydrogen) atoms. The van der Waals surface area contributed by atoms with Crippen LogP contribution in [0, 0.1) is 11.3 Å². The summed E-state index contributed by atoms with van der Waals surface area (Å²) in [6.45, 7) is 4.89. The minimum atomic E-state index is -0.516. The number of amides is 2. The highest BCUT2D eigenvalue weighted by molar-refractivity contribution is 5.96. The molecule has 2 aromatic rings. The summed E-state index contributed by atoms with van der Waals surface area (Å²) in [4.78, 5) is 28.8. The summed E-state index contributed by atoms with van der Waals surface area (Å²) in [5, 5.41) is 10.8. The first-order valence-corrected chi connectivity index (χ1v) is 10.9. The third-order valence-corrected chi connectivity index (χ3v) is 6.72. The minimum absolute atomic E-state index is 0.0281. The fourth-order valence-electron chi connectivity index (χ4n) is 5.18. The van der Waals surface area contributed by atoms with E-state index in [0.29, 0.717) is 18.0 Å². The number of hydrogen-bond acceptors (Lipinski definition) is 4. The van der Waals surface area contributed by atoms with Crippen molar-refractivity contribution in [1.29, 1.82) is 0 Å². The molecule has 0 radical (unpaired) electrons. The number of hydrogen-bond donors (Lipinski definition) is 1. The zero-order valence-corrected chi connectivity index (χ0v) is 17.8. The molecule has 0 aliphatic carbocycles. The van der Waals surface area contributed by atoms with Gasteiger partial charge in [-0.25, -0.2) is 0 Å². The Kier molecular flexibility index (Phi) is 5.84. The van der Waals surface area contributed by atoms with Gasteiger partial charge in [-0.3, -0.25) is 9.59 Å². The van der Waals surface area contributed by atoms with Crippen LogP contribution in [0.4, 0.5) is 0 Å². The molecule has 2 aliphatic rings. The molecule has 3 atom stereocenters. The predicted octanol–water partition coefficient (Wildman–Crippen LogP) is 3.59. The molecule has 0 spiro atoms. The fourth-order valence-corrected chi connectivity index (χ4v) is 5.18. The van der Waals surface area contributed by atoms with Crippen LogP contribution in [0.3, 0.4) is 0 Å². The monoisotopic (exact) mass is 406 g/mol. The standard InChI is InChI=1S/C24H30N4O2/c1-17(2)10-12-24(23(30)25-15-18-6-4-3-5-7-18)14-20-8-9-21(24)28(20)22(29)19-11-13-26-27-16-19/h3-7,11,13,16-17,20-21H,8-10,12,14-15H2,1-2H3,(H,25,30)/t20-,21+,24+/m1/s1. The third-order valence-electron chi connectivity index (χ3n) is 6.72. The molecule has 0 unspecified atom stereocenters. The van der Waals surface area contributed by atoms with Crippen molar-refractivity contribution in [3.8, 4) is 0 Å². The van der Waals surface area contributed by atoms with Crippen LogP contribution in [0.5, 0.6) is 0 Å². The van der Waals surface area contributed by atoms with E-state index in [-0.39, 0.29) is 23.9 Å². The Hall–Kier alpha value is -2.76. The number of benzene rings is 1. The minimum Gasteiger partial charge on any atom is -0.351 e. The summed E-state index contributed by atoms with van der Waals surface area (Å²) in [5.41, 5.74) is 1.12. The summed E-state index contributed by atoms with van der Waals surface area (Å²) in [7, 11) is 0. The highest BCUT2D eigenvalue weighted by Gasteiger charge is 2.60.